The first-order chi connectivity index (χ1) is 11.3. The Labute approximate surface area is 142 Å². The Hall–Kier alpha value is -2.14. The van der Waals surface area contributed by atoms with Crippen LogP contribution in [-0.4, -0.2) is 31.2 Å². The van der Waals surface area contributed by atoms with Crippen molar-refractivity contribution in [3.05, 3.63) is 35.0 Å². The fraction of sp³-hybridized carbons (Fsp3) is 0.231. The van der Waals surface area contributed by atoms with Crippen molar-refractivity contribution in [3.63, 3.8) is 0 Å². The summed E-state index contributed by atoms with van der Waals surface area (Å²) in [5.74, 6) is -0.339. The van der Waals surface area contributed by atoms with Gasteiger partial charge in [0, 0.05) is 11.6 Å². The van der Waals surface area contributed by atoms with E-state index in [1.54, 1.807) is 5.38 Å². The number of hydrogen-bond acceptors (Lipinski definition) is 6. The maximum atomic E-state index is 12.8. The van der Waals surface area contributed by atoms with Gasteiger partial charge in [0.05, 0.1) is 17.0 Å². The maximum Gasteiger partial charge on any atom is 0.417 e. The van der Waals surface area contributed by atoms with Crippen molar-refractivity contribution in [1.82, 2.24) is 19.6 Å². The standard InChI is InChI=1S/C13H10F3N5OS2/c1-7-5-23-11(17-7)18-10(22)6-24-12-20-19-9-3-2-8(4-21(9)12)13(14,15)16/h2-5H,6H2,1H3,(H,17,18,22). The highest BCUT2D eigenvalue weighted by Crippen LogP contribution is 2.30. The molecule has 0 fully saturated rings. The Bertz CT molecular complexity index is 889. The highest BCUT2D eigenvalue weighted by Gasteiger charge is 2.31. The summed E-state index contributed by atoms with van der Waals surface area (Å²) in [5, 5.41) is 12.7. The zero-order chi connectivity index (χ0) is 17.3. The molecule has 0 unspecified atom stereocenters. The topological polar surface area (TPSA) is 72.2 Å². The summed E-state index contributed by atoms with van der Waals surface area (Å²) in [5.41, 5.74) is 0.270. The predicted octanol–water partition coefficient (Wildman–Crippen LogP) is 3.24. The Balaban J connectivity index is 1.71. The molecule has 0 aliphatic heterocycles. The van der Waals surface area contributed by atoms with Crippen LogP contribution in [-0.2, 0) is 11.0 Å². The number of alkyl halides is 3. The molecule has 6 nitrogen and oxygen atoms in total. The number of nitrogens with one attached hydrogen (secondary N) is 1. The molecule has 0 radical (unpaired) electrons. The second kappa shape index (κ2) is 6.40. The van der Waals surface area contributed by atoms with Crippen LogP contribution in [0.1, 0.15) is 11.3 Å². The number of carbonyl (C=O) groups is 1. The first-order valence-electron chi connectivity index (χ1n) is 6.60. The minimum atomic E-state index is -4.46. The lowest BCUT2D eigenvalue weighted by molar-refractivity contribution is -0.137. The van der Waals surface area contributed by atoms with Crippen molar-refractivity contribution in [1.29, 1.82) is 0 Å². The van der Waals surface area contributed by atoms with Crippen LogP contribution in [0.4, 0.5) is 18.3 Å². The molecule has 11 heteroatoms. The number of thioether (sulfide) groups is 1. The van der Waals surface area contributed by atoms with Gasteiger partial charge in [0.1, 0.15) is 0 Å². The molecular formula is C13H10F3N5OS2. The lowest BCUT2D eigenvalue weighted by Crippen LogP contribution is -2.14. The van der Waals surface area contributed by atoms with Crippen LogP contribution in [0.25, 0.3) is 5.65 Å². The van der Waals surface area contributed by atoms with E-state index in [0.29, 0.717) is 5.13 Å². The minimum absolute atomic E-state index is 0.0182. The Morgan fingerprint density at radius 3 is 2.83 bits per heavy atom. The van der Waals surface area contributed by atoms with Crippen LogP contribution >= 0.6 is 23.1 Å². The van der Waals surface area contributed by atoms with E-state index in [-0.39, 0.29) is 22.5 Å². The number of aromatic nitrogens is 4. The van der Waals surface area contributed by atoms with E-state index in [2.05, 4.69) is 20.5 Å². The number of halogens is 3. The average Bonchev–Trinajstić information content (AvgIpc) is 3.10. The number of anilines is 1. The van der Waals surface area contributed by atoms with Crippen LogP contribution < -0.4 is 5.32 Å². The number of pyridine rings is 1. The number of nitrogens with zero attached hydrogens (tertiary/aromatic N) is 4. The normalized spacial score (nSPS) is 11.8. The van der Waals surface area contributed by atoms with Crippen molar-refractivity contribution in [2.75, 3.05) is 11.1 Å². The molecule has 0 aliphatic carbocycles. The largest absolute Gasteiger partial charge is 0.417 e. The minimum Gasteiger partial charge on any atom is -0.301 e. The van der Waals surface area contributed by atoms with Crippen molar-refractivity contribution < 1.29 is 18.0 Å². The molecule has 0 atom stereocenters. The molecule has 0 saturated heterocycles. The molecular weight excluding hydrogens is 363 g/mol. The zero-order valence-electron chi connectivity index (χ0n) is 12.2. The molecule has 1 N–H and O–H groups in total. The summed E-state index contributed by atoms with van der Waals surface area (Å²) in [6.07, 6.45) is -3.54. The fourth-order valence-corrected chi connectivity index (χ4v) is 3.25. The van der Waals surface area contributed by atoms with E-state index in [1.807, 2.05) is 6.92 Å². The monoisotopic (exact) mass is 373 g/mol. The van der Waals surface area contributed by atoms with Gasteiger partial charge in [-0.05, 0) is 19.1 Å². The number of thiazole rings is 1. The van der Waals surface area contributed by atoms with E-state index in [1.165, 1.54) is 21.8 Å². The van der Waals surface area contributed by atoms with Crippen molar-refractivity contribution in [2.24, 2.45) is 0 Å². The summed E-state index contributed by atoms with van der Waals surface area (Å²) in [6, 6.07) is 2.17. The molecule has 3 heterocycles. The summed E-state index contributed by atoms with van der Waals surface area (Å²) >= 11 is 2.29. The summed E-state index contributed by atoms with van der Waals surface area (Å²) in [4.78, 5) is 16.0. The fourth-order valence-electron chi connectivity index (χ4n) is 1.83. The van der Waals surface area contributed by atoms with Crippen molar-refractivity contribution >= 4 is 39.8 Å². The van der Waals surface area contributed by atoms with Gasteiger partial charge in [-0.25, -0.2) is 4.98 Å². The molecule has 24 heavy (non-hydrogen) atoms. The Morgan fingerprint density at radius 1 is 1.38 bits per heavy atom. The van der Waals surface area contributed by atoms with Gasteiger partial charge in [0.25, 0.3) is 0 Å². The maximum absolute atomic E-state index is 12.8. The molecule has 3 aromatic rings. The molecule has 3 aromatic heterocycles. The smallest absolute Gasteiger partial charge is 0.301 e. The highest BCUT2D eigenvalue weighted by molar-refractivity contribution is 7.99. The summed E-state index contributed by atoms with van der Waals surface area (Å²) in [6.45, 7) is 1.81. The number of amides is 1. The van der Waals surface area contributed by atoms with Crippen molar-refractivity contribution in [3.8, 4) is 0 Å². The molecule has 0 saturated carbocycles. The van der Waals surface area contributed by atoms with E-state index in [4.69, 9.17) is 0 Å². The summed E-state index contributed by atoms with van der Waals surface area (Å²) < 4.78 is 39.6. The van der Waals surface area contributed by atoms with Gasteiger partial charge in [0.2, 0.25) is 5.91 Å². The lowest BCUT2D eigenvalue weighted by Gasteiger charge is -2.07. The zero-order valence-corrected chi connectivity index (χ0v) is 13.8. The molecule has 0 aromatic carbocycles. The quantitative estimate of drug-likeness (QED) is 0.711. The van der Waals surface area contributed by atoms with Crippen LogP contribution in [0.5, 0.6) is 0 Å². The average molecular weight is 373 g/mol. The van der Waals surface area contributed by atoms with Crippen LogP contribution in [0.15, 0.2) is 28.9 Å². The molecule has 126 valence electrons. The number of rotatable bonds is 4. The van der Waals surface area contributed by atoms with Gasteiger partial charge in [-0.1, -0.05) is 11.8 Å². The van der Waals surface area contributed by atoms with E-state index >= 15 is 0 Å². The molecule has 0 aliphatic rings. The third-order valence-corrected chi connectivity index (χ3v) is 4.71. The van der Waals surface area contributed by atoms with Gasteiger partial charge < -0.3 is 5.32 Å². The van der Waals surface area contributed by atoms with Gasteiger partial charge in [0.15, 0.2) is 15.9 Å². The van der Waals surface area contributed by atoms with E-state index < -0.39 is 11.7 Å². The lowest BCUT2D eigenvalue weighted by atomic mass is 10.3. The molecule has 0 spiro atoms. The summed E-state index contributed by atoms with van der Waals surface area (Å²) in [7, 11) is 0. The molecule has 1 amide bonds. The third-order valence-electron chi connectivity index (χ3n) is 2.90. The van der Waals surface area contributed by atoms with E-state index in [9.17, 15) is 18.0 Å². The van der Waals surface area contributed by atoms with Crippen LogP contribution in [0, 0.1) is 6.92 Å². The Morgan fingerprint density at radius 2 is 2.17 bits per heavy atom. The number of fused-ring (bicyclic) bond motifs is 1. The van der Waals surface area contributed by atoms with Crippen molar-refractivity contribution in [2.45, 2.75) is 18.3 Å². The molecule has 3 rings (SSSR count). The number of aryl methyl sites for hydroxylation is 1. The second-order valence-corrected chi connectivity index (χ2v) is 6.56. The van der Waals surface area contributed by atoms with Gasteiger partial charge in [-0.3, -0.25) is 9.20 Å². The SMILES string of the molecule is Cc1csc(NC(=O)CSc2nnc3ccc(C(F)(F)F)cn23)n1. The second-order valence-electron chi connectivity index (χ2n) is 4.76. The first-order valence-corrected chi connectivity index (χ1v) is 8.46. The molecule has 0 bridgehead atoms. The first kappa shape index (κ1) is 16.7. The van der Waals surface area contributed by atoms with Gasteiger partial charge in [-0.2, -0.15) is 13.2 Å². The van der Waals surface area contributed by atoms with Crippen LogP contribution in [0.2, 0.25) is 0 Å². The Kier molecular flexibility index (Phi) is 4.45. The van der Waals surface area contributed by atoms with Gasteiger partial charge >= 0.3 is 6.18 Å². The van der Waals surface area contributed by atoms with Crippen LogP contribution in [0.3, 0.4) is 0 Å². The third kappa shape index (κ3) is 3.67. The van der Waals surface area contributed by atoms with Gasteiger partial charge in [-0.15, -0.1) is 21.5 Å². The van der Waals surface area contributed by atoms with E-state index in [0.717, 1.165) is 29.7 Å². The highest BCUT2D eigenvalue weighted by atomic mass is 32.2. The number of carbonyl (C=O) groups excluding carboxylic acids is 1. The predicted molar refractivity (Wildman–Crippen MR) is 84.2 cm³/mol. The number of hydrogen-bond donors (Lipinski definition) is 1.